The highest BCUT2D eigenvalue weighted by atomic mass is 31.2. The summed E-state index contributed by atoms with van der Waals surface area (Å²) in [5.41, 5.74) is 1.50. The van der Waals surface area contributed by atoms with E-state index in [0.717, 1.165) is 16.5 Å². The van der Waals surface area contributed by atoms with Crippen molar-refractivity contribution in [3.63, 3.8) is 0 Å². The number of para-hydroxylation sites is 1. The molecule has 19 heteroatoms. The number of amides is 2. The van der Waals surface area contributed by atoms with Crippen LogP contribution in [-0.2, 0) is 59.6 Å². The van der Waals surface area contributed by atoms with Crippen LogP contribution in [0.5, 0.6) is 5.75 Å². The Morgan fingerprint density at radius 1 is 0.892 bits per heavy atom. The van der Waals surface area contributed by atoms with Gasteiger partial charge < -0.3 is 43.8 Å². The fraction of sp³-hybridized carbons (Fsp3) is 0.478. The van der Waals surface area contributed by atoms with Gasteiger partial charge in [-0.15, -0.1) is 0 Å². The predicted molar refractivity (Wildman–Crippen MR) is 238 cm³/mol. The van der Waals surface area contributed by atoms with Gasteiger partial charge in [-0.3, -0.25) is 23.7 Å². The molecule has 2 amide bonds. The van der Waals surface area contributed by atoms with Crippen LogP contribution >= 0.6 is 7.82 Å². The number of rotatable bonds is 22. The van der Waals surface area contributed by atoms with Crippen molar-refractivity contribution in [1.29, 1.82) is 0 Å². The van der Waals surface area contributed by atoms with Crippen LogP contribution in [0.1, 0.15) is 88.7 Å². The first-order valence-corrected chi connectivity index (χ1v) is 23.1. The second kappa shape index (κ2) is 24.2. The molecule has 4 aromatic rings. The van der Waals surface area contributed by atoms with E-state index in [1.807, 2.05) is 20.0 Å². The molecule has 1 fully saturated rings. The standard InChI is InChI=1S/C46H60N3O15P/c1-7-9-24-58-65(55,59-25-10-8-2)64-40-39(51)38(29-56-42(52)34-18-14-15-19-37(34)49-44(53)63-46(4,5)6)61-43(41(40)62-45(54)57-28-31-16-12-11-13-17-31)60-33-20-21-36-35(26-33)32(27-48-36)22-23-47-30(3)50/h11-21,26-27,38-41,43,48,51H,7-10,22-25,28-29H2,1-6H3,(H,47,50)(H,49,53)/t38-,39-,40+,41-,43-/m1/s1. The molecule has 0 radical (unpaired) electrons. The van der Waals surface area contributed by atoms with E-state index in [1.165, 1.54) is 19.1 Å². The molecule has 1 aliphatic heterocycles. The van der Waals surface area contributed by atoms with Gasteiger partial charge in [-0.25, -0.2) is 18.9 Å². The normalized spacial score (nSPS) is 18.7. The molecule has 0 bridgehead atoms. The quantitative estimate of drug-likeness (QED) is 0.0251. The minimum Gasteiger partial charge on any atom is -0.461 e. The third-order valence-corrected chi connectivity index (χ3v) is 11.2. The number of esters is 1. The van der Waals surface area contributed by atoms with E-state index in [-0.39, 0.29) is 42.7 Å². The Bertz CT molecular complexity index is 2220. The van der Waals surface area contributed by atoms with Crippen LogP contribution in [0.25, 0.3) is 10.9 Å². The zero-order valence-electron chi connectivity index (χ0n) is 37.6. The number of nitrogens with one attached hydrogen (secondary N) is 3. The summed E-state index contributed by atoms with van der Waals surface area (Å²) in [6, 6.07) is 20.0. The summed E-state index contributed by atoms with van der Waals surface area (Å²) < 4.78 is 67.1. The number of aliphatic hydroxyl groups is 1. The second-order valence-corrected chi connectivity index (χ2v) is 17.8. The second-order valence-electron chi connectivity index (χ2n) is 16.2. The van der Waals surface area contributed by atoms with E-state index in [1.54, 1.807) is 81.4 Å². The van der Waals surface area contributed by atoms with E-state index in [2.05, 4.69) is 15.6 Å². The number of carbonyl (C=O) groups is 4. The third kappa shape index (κ3) is 15.6. The number of carbonyl (C=O) groups excluding carboxylic acids is 4. The number of H-pyrrole nitrogens is 1. The van der Waals surface area contributed by atoms with Crippen molar-refractivity contribution in [3.8, 4) is 5.75 Å². The Morgan fingerprint density at radius 2 is 1.58 bits per heavy atom. The molecule has 0 saturated carbocycles. The molecule has 65 heavy (non-hydrogen) atoms. The lowest BCUT2D eigenvalue weighted by molar-refractivity contribution is -0.276. The number of hydrogen-bond donors (Lipinski definition) is 4. The van der Waals surface area contributed by atoms with Crippen LogP contribution in [-0.4, -0.2) is 96.9 Å². The number of anilines is 1. The maximum Gasteiger partial charge on any atom is 0.509 e. The van der Waals surface area contributed by atoms with Crippen LogP contribution in [0.3, 0.4) is 0 Å². The minimum atomic E-state index is -4.53. The fourth-order valence-electron chi connectivity index (χ4n) is 6.48. The van der Waals surface area contributed by atoms with Gasteiger partial charge in [0.1, 0.15) is 42.9 Å². The molecule has 4 N–H and O–H groups in total. The first kappa shape index (κ1) is 50.5. The smallest absolute Gasteiger partial charge is 0.461 e. The highest BCUT2D eigenvalue weighted by molar-refractivity contribution is 7.48. The van der Waals surface area contributed by atoms with Crippen molar-refractivity contribution in [2.75, 3.05) is 31.7 Å². The Hall–Kier alpha value is -5.49. The van der Waals surface area contributed by atoms with Gasteiger partial charge in [-0.2, -0.15) is 0 Å². The van der Waals surface area contributed by atoms with Gasteiger partial charge in [0.2, 0.25) is 12.2 Å². The first-order chi connectivity index (χ1) is 31.1. The number of aliphatic hydroxyl groups excluding tert-OH is 1. The van der Waals surface area contributed by atoms with E-state index < -0.39 is 69.0 Å². The van der Waals surface area contributed by atoms with Crippen molar-refractivity contribution < 1.29 is 70.8 Å². The van der Waals surface area contributed by atoms with Gasteiger partial charge >= 0.3 is 26.0 Å². The molecule has 0 spiro atoms. The summed E-state index contributed by atoms with van der Waals surface area (Å²) in [7, 11) is -4.53. The molecule has 0 unspecified atom stereocenters. The largest absolute Gasteiger partial charge is 0.509 e. The van der Waals surface area contributed by atoms with Crippen LogP contribution in [0.4, 0.5) is 15.3 Å². The van der Waals surface area contributed by atoms with Gasteiger partial charge in [0.05, 0.1) is 24.5 Å². The summed E-state index contributed by atoms with van der Waals surface area (Å²) in [4.78, 5) is 54.6. The SMILES string of the molecule is CCCCOP(=O)(OCCCC)O[C@H]1[C@H](O)[C@@H](COC(=O)c2ccccc2NC(=O)OC(C)(C)C)O[C@@H](Oc2ccc3[nH]cc(CCNC(C)=O)c3c2)[C@@H]1OC(=O)OCc1ccccc1. The number of aromatic nitrogens is 1. The fourth-order valence-corrected chi connectivity index (χ4v) is 7.93. The lowest BCUT2D eigenvalue weighted by Gasteiger charge is -2.43. The number of benzene rings is 3. The Labute approximate surface area is 378 Å². The summed E-state index contributed by atoms with van der Waals surface area (Å²) in [5.74, 6) is -0.872. The Balaban J connectivity index is 1.50. The average molecular weight is 926 g/mol. The van der Waals surface area contributed by atoms with Gasteiger partial charge in [0.15, 0.2) is 6.10 Å². The Kier molecular flexibility index (Phi) is 18.8. The molecule has 0 aliphatic carbocycles. The molecule has 3 aromatic carbocycles. The zero-order valence-corrected chi connectivity index (χ0v) is 38.5. The highest BCUT2D eigenvalue weighted by Gasteiger charge is 2.53. The molecule has 1 aromatic heterocycles. The number of fused-ring (bicyclic) bond motifs is 1. The van der Waals surface area contributed by atoms with E-state index >= 15 is 0 Å². The molecule has 1 saturated heterocycles. The maximum absolute atomic E-state index is 14.4. The number of hydrogen-bond acceptors (Lipinski definition) is 15. The number of phosphoric ester groups is 1. The van der Waals surface area contributed by atoms with Crippen molar-refractivity contribution >= 4 is 48.5 Å². The van der Waals surface area contributed by atoms with Crippen LogP contribution in [0.15, 0.2) is 79.0 Å². The minimum absolute atomic E-state index is 0.0253. The Morgan fingerprint density at radius 3 is 2.26 bits per heavy atom. The number of ether oxygens (including phenoxy) is 6. The lowest BCUT2D eigenvalue weighted by Crippen LogP contribution is -2.62. The zero-order chi connectivity index (χ0) is 47.0. The molecule has 18 nitrogen and oxygen atoms in total. The van der Waals surface area contributed by atoms with Crippen LogP contribution < -0.4 is 15.4 Å². The third-order valence-electron chi connectivity index (χ3n) is 9.72. The summed E-state index contributed by atoms with van der Waals surface area (Å²) in [5, 5.41) is 18.2. The molecule has 354 valence electrons. The monoisotopic (exact) mass is 925 g/mol. The molecular formula is C46H60N3O15P. The van der Waals surface area contributed by atoms with Gasteiger partial charge in [0.25, 0.3) is 0 Å². The van der Waals surface area contributed by atoms with Crippen molar-refractivity contribution in [3.05, 3.63) is 95.7 Å². The topological polar surface area (TPSA) is 228 Å². The predicted octanol–water partition coefficient (Wildman–Crippen LogP) is 8.36. The van der Waals surface area contributed by atoms with E-state index in [0.29, 0.717) is 44.2 Å². The van der Waals surface area contributed by atoms with Crippen molar-refractivity contribution in [1.82, 2.24) is 10.3 Å². The molecule has 1 aliphatic rings. The summed E-state index contributed by atoms with van der Waals surface area (Å²) in [6.45, 7) is 9.84. The van der Waals surface area contributed by atoms with Gasteiger partial charge in [-0.1, -0.05) is 69.2 Å². The molecular weight excluding hydrogens is 865 g/mol. The number of aromatic amines is 1. The molecule has 2 heterocycles. The van der Waals surface area contributed by atoms with Crippen molar-refractivity contribution in [2.45, 2.75) is 117 Å². The lowest BCUT2D eigenvalue weighted by atomic mass is 9.99. The van der Waals surface area contributed by atoms with Gasteiger partial charge in [0, 0.05) is 30.6 Å². The molecule has 5 atom stereocenters. The number of phosphoric acid groups is 1. The maximum atomic E-state index is 14.4. The summed E-state index contributed by atoms with van der Waals surface area (Å²) in [6.07, 6.45) is -5.78. The van der Waals surface area contributed by atoms with Crippen LogP contribution in [0, 0.1) is 0 Å². The first-order valence-electron chi connectivity index (χ1n) is 21.6. The van der Waals surface area contributed by atoms with Crippen molar-refractivity contribution in [2.24, 2.45) is 0 Å². The van der Waals surface area contributed by atoms with E-state index in [9.17, 15) is 28.8 Å². The van der Waals surface area contributed by atoms with Crippen LogP contribution in [0.2, 0.25) is 0 Å². The highest BCUT2D eigenvalue weighted by Crippen LogP contribution is 2.53. The number of unbranched alkanes of at least 4 members (excludes halogenated alkanes) is 2. The van der Waals surface area contributed by atoms with Gasteiger partial charge in [-0.05, 0) is 81.5 Å². The average Bonchev–Trinajstić information content (AvgIpc) is 3.66. The molecule has 5 rings (SSSR count). The van der Waals surface area contributed by atoms with E-state index in [4.69, 9.17) is 42.0 Å². The summed E-state index contributed by atoms with van der Waals surface area (Å²) >= 11 is 0.